The molecule has 0 aliphatic carbocycles. The molecule has 2 rings (SSSR count). The van der Waals surface area contributed by atoms with Crippen molar-refractivity contribution in [3.05, 3.63) is 33.4 Å². The van der Waals surface area contributed by atoms with E-state index in [2.05, 4.69) is 27.9 Å². The Hall–Kier alpha value is -1.11. The number of ether oxygens (including phenoxy) is 1. The van der Waals surface area contributed by atoms with E-state index >= 15 is 0 Å². The van der Waals surface area contributed by atoms with Crippen LogP contribution in [0.2, 0.25) is 0 Å². The molecule has 0 radical (unpaired) electrons. The molecule has 0 saturated carbocycles. The summed E-state index contributed by atoms with van der Waals surface area (Å²) in [5, 5.41) is 2.68. The van der Waals surface area contributed by atoms with E-state index in [1.807, 2.05) is 24.3 Å². The van der Waals surface area contributed by atoms with E-state index in [1.165, 1.54) is 0 Å². The van der Waals surface area contributed by atoms with Gasteiger partial charge in [0.15, 0.2) is 0 Å². The van der Waals surface area contributed by atoms with E-state index in [9.17, 15) is 9.59 Å². The average Bonchev–Trinajstić information content (AvgIpc) is 2.68. The molecule has 0 unspecified atom stereocenters. The van der Waals surface area contributed by atoms with E-state index in [4.69, 9.17) is 4.74 Å². The van der Waals surface area contributed by atoms with Gasteiger partial charge in [0.25, 0.3) is 0 Å². The molecule has 1 fully saturated rings. The Morgan fingerprint density at radius 3 is 2.71 bits per heavy atom. The minimum Gasteiger partial charge on any atom is -0.464 e. The number of amides is 1. The molecular formula is C12H12INO3. The van der Waals surface area contributed by atoms with Gasteiger partial charge in [-0.1, -0.05) is 12.1 Å². The van der Waals surface area contributed by atoms with E-state index in [0.29, 0.717) is 19.4 Å². The van der Waals surface area contributed by atoms with Gasteiger partial charge in [-0.3, -0.25) is 4.79 Å². The van der Waals surface area contributed by atoms with Gasteiger partial charge in [-0.05, 0) is 40.3 Å². The standard InChI is InChI=1S/C12H12INO3/c13-9-3-1-8(2-4-9)7-11(15)14-10-5-6-17-12(10)16/h1-4,10H,5-7H2,(H,14,15)/t10-/m1/s1. The summed E-state index contributed by atoms with van der Waals surface area (Å²) in [6.07, 6.45) is 0.859. The molecule has 1 aromatic carbocycles. The maximum atomic E-state index is 11.7. The number of carbonyl (C=O) groups is 2. The zero-order valence-corrected chi connectivity index (χ0v) is 11.3. The summed E-state index contributed by atoms with van der Waals surface area (Å²) in [4.78, 5) is 22.8. The topological polar surface area (TPSA) is 55.4 Å². The van der Waals surface area contributed by atoms with Crippen LogP contribution in [-0.2, 0) is 20.7 Å². The van der Waals surface area contributed by atoms with Crippen LogP contribution in [0.3, 0.4) is 0 Å². The summed E-state index contributed by atoms with van der Waals surface area (Å²) in [5.41, 5.74) is 0.939. The summed E-state index contributed by atoms with van der Waals surface area (Å²) < 4.78 is 5.91. The van der Waals surface area contributed by atoms with Gasteiger partial charge in [0.05, 0.1) is 13.0 Å². The highest BCUT2D eigenvalue weighted by Crippen LogP contribution is 2.09. The quantitative estimate of drug-likeness (QED) is 0.663. The lowest BCUT2D eigenvalue weighted by molar-refractivity contribution is -0.141. The molecule has 1 heterocycles. The molecule has 90 valence electrons. The van der Waals surface area contributed by atoms with E-state index in [0.717, 1.165) is 9.13 Å². The second kappa shape index (κ2) is 5.48. The van der Waals surface area contributed by atoms with Crippen molar-refractivity contribution < 1.29 is 14.3 Å². The van der Waals surface area contributed by atoms with Crippen LogP contribution in [0.1, 0.15) is 12.0 Å². The number of rotatable bonds is 3. The predicted octanol–water partition coefficient (Wildman–Crippen LogP) is 1.27. The van der Waals surface area contributed by atoms with Gasteiger partial charge in [-0.2, -0.15) is 0 Å². The molecular weight excluding hydrogens is 333 g/mol. The summed E-state index contributed by atoms with van der Waals surface area (Å²) >= 11 is 2.21. The van der Waals surface area contributed by atoms with Crippen LogP contribution in [0.5, 0.6) is 0 Å². The fourth-order valence-electron chi connectivity index (χ4n) is 1.66. The third kappa shape index (κ3) is 3.42. The third-order valence-corrected chi connectivity index (χ3v) is 3.27. The molecule has 1 amide bonds. The van der Waals surface area contributed by atoms with Gasteiger partial charge in [0, 0.05) is 9.99 Å². The molecule has 17 heavy (non-hydrogen) atoms. The monoisotopic (exact) mass is 345 g/mol. The van der Waals surface area contributed by atoms with Crippen LogP contribution >= 0.6 is 22.6 Å². The fourth-order valence-corrected chi connectivity index (χ4v) is 2.02. The first-order valence-corrected chi connectivity index (χ1v) is 6.43. The molecule has 5 heteroatoms. The van der Waals surface area contributed by atoms with Crippen LogP contribution < -0.4 is 5.32 Å². The van der Waals surface area contributed by atoms with Crippen molar-refractivity contribution >= 4 is 34.5 Å². The summed E-state index contributed by atoms with van der Waals surface area (Å²) in [5.74, 6) is -0.476. The Bertz CT molecular complexity index is 430. The van der Waals surface area contributed by atoms with Gasteiger partial charge >= 0.3 is 5.97 Å². The van der Waals surface area contributed by atoms with Crippen LogP contribution in [0.25, 0.3) is 0 Å². The van der Waals surface area contributed by atoms with Crippen molar-refractivity contribution in [2.75, 3.05) is 6.61 Å². The van der Waals surface area contributed by atoms with Crippen molar-refractivity contribution in [1.82, 2.24) is 5.32 Å². The van der Waals surface area contributed by atoms with Gasteiger partial charge in [0.2, 0.25) is 5.91 Å². The minimum absolute atomic E-state index is 0.143. The number of benzene rings is 1. The number of hydrogen-bond acceptors (Lipinski definition) is 3. The molecule has 1 atom stereocenters. The van der Waals surface area contributed by atoms with Crippen LogP contribution in [0.15, 0.2) is 24.3 Å². The lowest BCUT2D eigenvalue weighted by atomic mass is 10.1. The first-order chi connectivity index (χ1) is 8.15. The molecule has 0 spiro atoms. The Morgan fingerprint density at radius 2 is 2.12 bits per heavy atom. The normalized spacial score (nSPS) is 18.9. The lowest BCUT2D eigenvalue weighted by Gasteiger charge is -2.08. The number of cyclic esters (lactones) is 1. The van der Waals surface area contributed by atoms with Crippen LogP contribution in [0, 0.1) is 3.57 Å². The third-order valence-electron chi connectivity index (χ3n) is 2.55. The number of nitrogens with one attached hydrogen (secondary N) is 1. The van der Waals surface area contributed by atoms with Crippen molar-refractivity contribution in [3.8, 4) is 0 Å². The second-order valence-electron chi connectivity index (χ2n) is 3.88. The fraction of sp³-hybridized carbons (Fsp3) is 0.333. The Kier molecular flexibility index (Phi) is 3.98. The van der Waals surface area contributed by atoms with Gasteiger partial charge < -0.3 is 10.1 Å². The number of esters is 1. The van der Waals surface area contributed by atoms with E-state index < -0.39 is 6.04 Å². The number of carbonyl (C=O) groups excluding carboxylic acids is 2. The number of halogens is 1. The van der Waals surface area contributed by atoms with Crippen molar-refractivity contribution in [2.24, 2.45) is 0 Å². The molecule has 1 aliphatic heterocycles. The van der Waals surface area contributed by atoms with E-state index in [1.54, 1.807) is 0 Å². The highest BCUT2D eigenvalue weighted by atomic mass is 127. The first-order valence-electron chi connectivity index (χ1n) is 5.35. The summed E-state index contributed by atoms with van der Waals surface area (Å²) in [7, 11) is 0. The predicted molar refractivity (Wildman–Crippen MR) is 70.4 cm³/mol. The Balaban J connectivity index is 1.88. The SMILES string of the molecule is O=C(Cc1ccc(I)cc1)N[C@@H]1CCOC1=O. The first kappa shape index (κ1) is 12.3. The van der Waals surface area contributed by atoms with Gasteiger partial charge in [0.1, 0.15) is 6.04 Å². The highest BCUT2D eigenvalue weighted by Gasteiger charge is 2.27. The minimum atomic E-state index is -0.466. The van der Waals surface area contributed by atoms with Crippen molar-refractivity contribution in [1.29, 1.82) is 0 Å². The maximum Gasteiger partial charge on any atom is 0.328 e. The van der Waals surface area contributed by atoms with Gasteiger partial charge in [-0.25, -0.2) is 4.79 Å². The summed E-state index contributed by atoms with van der Waals surface area (Å²) in [6, 6.07) is 7.26. The molecule has 0 bridgehead atoms. The largest absolute Gasteiger partial charge is 0.464 e. The summed E-state index contributed by atoms with van der Waals surface area (Å²) in [6.45, 7) is 0.396. The lowest BCUT2D eigenvalue weighted by Crippen LogP contribution is -2.38. The maximum absolute atomic E-state index is 11.7. The highest BCUT2D eigenvalue weighted by molar-refractivity contribution is 14.1. The molecule has 1 saturated heterocycles. The molecule has 1 N–H and O–H groups in total. The zero-order chi connectivity index (χ0) is 12.3. The zero-order valence-electron chi connectivity index (χ0n) is 9.11. The Labute approximate surface area is 113 Å². The molecule has 1 aliphatic rings. The number of hydrogen-bond donors (Lipinski definition) is 1. The average molecular weight is 345 g/mol. The molecule has 4 nitrogen and oxygen atoms in total. The van der Waals surface area contributed by atoms with Crippen molar-refractivity contribution in [2.45, 2.75) is 18.9 Å². The van der Waals surface area contributed by atoms with Crippen LogP contribution in [-0.4, -0.2) is 24.5 Å². The molecule has 1 aromatic rings. The van der Waals surface area contributed by atoms with Crippen molar-refractivity contribution in [3.63, 3.8) is 0 Å². The Morgan fingerprint density at radius 1 is 1.41 bits per heavy atom. The smallest absolute Gasteiger partial charge is 0.328 e. The molecule has 0 aromatic heterocycles. The second-order valence-corrected chi connectivity index (χ2v) is 5.13. The van der Waals surface area contributed by atoms with Gasteiger partial charge in [-0.15, -0.1) is 0 Å². The van der Waals surface area contributed by atoms with Crippen LogP contribution in [0.4, 0.5) is 0 Å². The van der Waals surface area contributed by atoms with E-state index in [-0.39, 0.29) is 11.9 Å².